The second-order valence-electron chi connectivity index (χ2n) is 4.25. The van der Waals surface area contributed by atoms with Gasteiger partial charge in [0.1, 0.15) is 5.75 Å². The van der Waals surface area contributed by atoms with Crippen LogP contribution in [0, 0.1) is 0 Å². The third-order valence-electron chi connectivity index (χ3n) is 2.72. The Hall–Kier alpha value is -2.02. The molecule has 0 aromatic heterocycles. The third-order valence-corrected chi connectivity index (χ3v) is 3.04. The van der Waals surface area contributed by atoms with Crippen LogP contribution in [0.15, 0.2) is 48.5 Å². The average molecular weight is 306 g/mol. The number of nitrogens with one attached hydrogen (secondary N) is 1. The van der Waals surface area contributed by atoms with Crippen LogP contribution in [-0.4, -0.2) is 23.3 Å². The van der Waals surface area contributed by atoms with Gasteiger partial charge in [0.2, 0.25) is 0 Å². The maximum Gasteiger partial charge on any atom is 0.707 e. The Bertz CT molecular complexity index is 622. The molecular formula is C14H13BClNO4. The van der Waals surface area contributed by atoms with Crippen molar-refractivity contribution in [1.82, 2.24) is 5.32 Å². The first kappa shape index (κ1) is 15.4. The molecule has 0 aliphatic heterocycles. The van der Waals surface area contributed by atoms with E-state index in [1.54, 1.807) is 0 Å². The summed E-state index contributed by atoms with van der Waals surface area (Å²) in [4.78, 5) is 12.0. The Morgan fingerprint density at radius 1 is 1.19 bits per heavy atom. The molecule has 0 heterocycles. The van der Waals surface area contributed by atoms with Gasteiger partial charge < -0.3 is 20.0 Å². The average Bonchev–Trinajstić information content (AvgIpc) is 2.45. The Morgan fingerprint density at radius 3 is 2.52 bits per heavy atom. The highest BCUT2D eigenvalue weighted by atomic mass is 35.5. The largest absolute Gasteiger partial charge is 0.707 e. The number of rotatable bonds is 5. The van der Waals surface area contributed by atoms with E-state index in [0.29, 0.717) is 6.54 Å². The van der Waals surface area contributed by atoms with Crippen molar-refractivity contribution in [1.29, 1.82) is 0 Å². The highest BCUT2D eigenvalue weighted by molar-refractivity contribution is 6.35. The molecule has 2 rings (SSSR count). The van der Waals surface area contributed by atoms with Crippen molar-refractivity contribution in [2.45, 2.75) is 6.54 Å². The van der Waals surface area contributed by atoms with E-state index in [-0.39, 0.29) is 22.2 Å². The molecule has 1 amide bonds. The second-order valence-corrected chi connectivity index (χ2v) is 4.66. The summed E-state index contributed by atoms with van der Waals surface area (Å²) in [6.07, 6.45) is 0. The third kappa shape index (κ3) is 4.49. The lowest BCUT2D eigenvalue weighted by Gasteiger charge is -2.09. The van der Waals surface area contributed by atoms with Gasteiger partial charge in [-0.2, -0.15) is 0 Å². The van der Waals surface area contributed by atoms with Crippen molar-refractivity contribution < 1.29 is 19.5 Å². The molecule has 0 radical (unpaired) electrons. The second kappa shape index (κ2) is 7.13. The lowest BCUT2D eigenvalue weighted by atomic mass is 10.1. The first-order valence-electron chi connectivity index (χ1n) is 6.21. The van der Waals surface area contributed by atoms with Gasteiger partial charge in [-0.1, -0.05) is 41.9 Å². The number of hydrogen-bond acceptors (Lipinski definition) is 4. The summed E-state index contributed by atoms with van der Waals surface area (Å²) in [7, 11) is -1.93. The van der Waals surface area contributed by atoms with Crippen LogP contribution in [0.4, 0.5) is 0 Å². The van der Waals surface area contributed by atoms with Gasteiger partial charge >= 0.3 is 7.32 Å². The van der Waals surface area contributed by atoms with Gasteiger partial charge in [0, 0.05) is 6.54 Å². The van der Waals surface area contributed by atoms with Crippen LogP contribution in [0.5, 0.6) is 5.75 Å². The summed E-state index contributed by atoms with van der Waals surface area (Å²) in [5.74, 6) is -0.158. The molecule has 7 heteroatoms. The lowest BCUT2D eigenvalue weighted by molar-refractivity contribution is 0.0951. The summed E-state index contributed by atoms with van der Waals surface area (Å²) in [5.41, 5.74) is 1.26. The van der Waals surface area contributed by atoms with Crippen LogP contribution < -0.4 is 9.97 Å². The highest BCUT2D eigenvalue weighted by Gasteiger charge is 2.15. The fraction of sp³-hybridized carbons (Fsp3) is 0.0714. The number of amides is 1. The number of carbonyl (C=O) groups is 1. The Kier molecular flexibility index (Phi) is 5.22. The summed E-state index contributed by atoms with van der Waals surface area (Å²) in [6, 6.07) is 13.7. The molecule has 0 unspecified atom stereocenters. The molecule has 0 fully saturated rings. The summed E-state index contributed by atoms with van der Waals surface area (Å²) in [5, 5.41) is 20.3. The van der Waals surface area contributed by atoms with Gasteiger partial charge in [-0.15, -0.1) is 0 Å². The van der Waals surface area contributed by atoms with Crippen LogP contribution in [0.1, 0.15) is 15.9 Å². The minimum atomic E-state index is -1.93. The van der Waals surface area contributed by atoms with Crippen molar-refractivity contribution in [2.24, 2.45) is 0 Å². The topological polar surface area (TPSA) is 78.8 Å². The molecule has 0 atom stereocenters. The first-order chi connectivity index (χ1) is 10.1. The Labute approximate surface area is 127 Å². The zero-order valence-electron chi connectivity index (χ0n) is 11.0. The van der Waals surface area contributed by atoms with Crippen molar-refractivity contribution in [3.05, 3.63) is 64.7 Å². The molecule has 0 aliphatic rings. The van der Waals surface area contributed by atoms with Gasteiger partial charge in [-0.25, -0.2) is 0 Å². The quantitative estimate of drug-likeness (QED) is 0.734. The van der Waals surface area contributed by atoms with Crippen molar-refractivity contribution in [3.8, 4) is 5.75 Å². The normalized spacial score (nSPS) is 10.0. The number of halogens is 1. The van der Waals surface area contributed by atoms with Crippen molar-refractivity contribution >= 4 is 24.8 Å². The molecule has 3 N–H and O–H groups in total. The lowest BCUT2D eigenvalue weighted by Crippen LogP contribution is -2.23. The molecule has 2 aromatic rings. The molecule has 0 bridgehead atoms. The molecule has 0 spiro atoms. The number of carbonyl (C=O) groups excluding carboxylic acids is 1. The summed E-state index contributed by atoms with van der Waals surface area (Å²) in [6.45, 7) is 0.392. The minimum Gasteiger partial charge on any atom is -0.512 e. The van der Waals surface area contributed by atoms with E-state index in [2.05, 4.69) is 9.97 Å². The van der Waals surface area contributed by atoms with Crippen LogP contribution in [0.25, 0.3) is 0 Å². The van der Waals surface area contributed by atoms with Crippen LogP contribution in [-0.2, 0) is 6.54 Å². The van der Waals surface area contributed by atoms with E-state index in [0.717, 1.165) is 5.56 Å². The van der Waals surface area contributed by atoms with Gasteiger partial charge in [-0.05, 0) is 23.8 Å². The monoisotopic (exact) mass is 305 g/mol. The van der Waals surface area contributed by atoms with E-state index in [1.807, 2.05) is 30.3 Å². The highest BCUT2D eigenvalue weighted by Crippen LogP contribution is 2.22. The van der Waals surface area contributed by atoms with Crippen LogP contribution >= 0.6 is 11.6 Å². The molecule has 0 saturated carbocycles. The maximum absolute atomic E-state index is 12.0. The van der Waals surface area contributed by atoms with E-state index in [9.17, 15) is 4.79 Å². The van der Waals surface area contributed by atoms with Gasteiger partial charge in [0.05, 0.1) is 10.6 Å². The van der Waals surface area contributed by atoms with E-state index < -0.39 is 7.32 Å². The van der Waals surface area contributed by atoms with Crippen LogP contribution in [0.3, 0.4) is 0 Å². The van der Waals surface area contributed by atoms with Crippen LogP contribution in [0.2, 0.25) is 5.02 Å². The van der Waals surface area contributed by atoms with Crippen molar-refractivity contribution in [3.63, 3.8) is 0 Å². The van der Waals surface area contributed by atoms with Gasteiger partial charge in [0.15, 0.2) is 0 Å². The molecule has 2 aromatic carbocycles. The predicted molar refractivity (Wildman–Crippen MR) is 79.9 cm³/mol. The summed E-state index contributed by atoms with van der Waals surface area (Å²) < 4.78 is 4.65. The molecular weight excluding hydrogens is 292 g/mol. The number of hydrogen-bond donors (Lipinski definition) is 3. The molecule has 108 valence electrons. The zero-order chi connectivity index (χ0) is 15.2. The van der Waals surface area contributed by atoms with Gasteiger partial charge in [0.25, 0.3) is 5.91 Å². The van der Waals surface area contributed by atoms with Gasteiger partial charge in [-0.3, -0.25) is 4.79 Å². The standard InChI is InChI=1S/C14H13BClNO4/c16-13-8-11(21-15(19)20)6-7-12(13)14(18)17-9-10-4-2-1-3-5-10/h1-8,19-20H,9H2,(H,17,18). The number of benzene rings is 2. The fourth-order valence-corrected chi connectivity index (χ4v) is 2.00. The van der Waals surface area contributed by atoms with E-state index in [1.165, 1.54) is 18.2 Å². The molecule has 21 heavy (non-hydrogen) atoms. The fourth-order valence-electron chi connectivity index (χ4n) is 1.75. The smallest absolute Gasteiger partial charge is 0.512 e. The SMILES string of the molecule is O=C(NCc1ccccc1)c1ccc(OB(O)O)cc1Cl. The van der Waals surface area contributed by atoms with Crippen molar-refractivity contribution in [2.75, 3.05) is 0 Å². The predicted octanol–water partition coefficient (Wildman–Crippen LogP) is 1.62. The summed E-state index contributed by atoms with van der Waals surface area (Å²) >= 11 is 5.99. The maximum atomic E-state index is 12.0. The molecule has 0 aliphatic carbocycles. The molecule has 0 saturated heterocycles. The Balaban J connectivity index is 2.02. The molecule has 5 nitrogen and oxygen atoms in total. The first-order valence-corrected chi connectivity index (χ1v) is 6.58. The zero-order valence-corrected chi connectivity index (χ0v) is 11.7. The van der Waals surface area contributed by atoms with E-state index >= 15 is 0 Å². The van der Waals surface area contributed by atoms with E-state index in [4.69, 9.17) is 21.6 Å². The minimum absolute atomic E-state index is 0.162. The Morgan fingerprint density at radius 2 is 1.90 bits per heavy atom.